The van der Waals surface area contributed by atoms with Crippen LogP contribution in [-0.2, 0) is 6.18 Å². The highest BCUT2D eigenvalue weighted by molar-refractivity contribution is 6.30. The van der Waals surface area contributed by atoms with Gasteiger partial charge in [0.15, 0.2) is 0 Å². The first-order valence-electron chi connectivity index (χ1n) is 11.8. The molecule has 0 spiro atoms. The maximum Gasteiger partial charge on any atom is 0.416 e. The Balaban J connectivity index is 1.93. The number of carbonyl (C=O) groups excluding carboxylic acids is 1. The smallest absolute Gasteiger partial charge is 0.329 e. The second-order valence-corrected chi connectivity index (χ2v) is 9.09. The van der Waals surface area contributed by atoms with E-state index >= 15 is 0 Å². The van der Waals surface area contributed by atoms with E-state index in [4.69, 9.17) is 16.6 Å². The van der Waals surface area contributed by atoms with Gasteiger partial charge in [0.2, 0.25) is 0 Å². The molecule has 4 rings (SSSR count). The summed E-state index contributed by atoms with van der Waals surface area (Å²) in [5.74, 6) is -0.263. The van der Waals surface area contributed by atoms with Crippen LogP contribution in [0, 0.1) is 6.92 Å². The van der Waals surface area contributed by atoms with Gasteiger partial charge in [0, 0.05) is 17.1 Å². The monoisotopic (exact) mass is 527 g/mol. The number of carbonyl (C=O) groups is 1. The zero-order valence-electron chi connectivity index (χ0n) is 20.5. The lowest BCUT2D eigenvalue weighted by molar-refractivity contribution is -0.137. The summed E-state index contributed by atoms with van der Waals surface area (Å²) in [6, 6.07) is 15.7. The van der Waals surface area contributed by atoms with Crippen molar-refractivity contribution < 1.29 is 18.0 Å². The first kappa shape index (κ1) is 26.4. The topological polar surface area (TPSA) is 55.2 Å². The average molecular weight is 528 g/mol. The maximum atomic E-state index is 13.8. The van der Waals surface area contributed by atoms with Crippen LogP contribution >= 0.6 is 11.6 Å². The fraction of sp³-hybridized carbons (Fsp3) is 0.250. The Bertz CT molecular complexity index is 1530. The molecule has 0 aliphatic heterocycles. The van der Waals surface area contributed by atoms with Gasteiger partial charge in [-0.2, -0.15) is 13.2 Å². The zero-order chi connectivity index (χ0) is 26.9. The van der Waals surface area contributed by atoms with Crippen molar-refractivity contribution in [1.82, 2.24) is 14.5 Å². The molecule has 9 heteroatoms. The van der Waals surface area contributed by atoms with E-state index < -0.39 is 23.7 Å². The molecule has 3 aromatic carbocycles. The number of aryl methyl sites for hydroxylation is 1. The Morgan fingerprint density at radius 1 is 1.05 bits per heavy atom. The quantitative estimate of drug-likeness (QED) is 0.272. The van der Waals surface area contributed by atoms with E-state index in [2.05, 4.69) is 0 Å². The molecular weight excluding hydrogens is 503 g/mol. The van der Waals surface area contributed by atoms with Gasteiger partial charge < -0.3 is 4.90 Å². The summed E-state index contributed by atoms with van der Waals surface area (Å²) in [5, 5.41) is 0.911. The molecule has 0 saturated heterocycles. The maximum absolute atomic E-state index is 13.8. The van der Waals surface area contributed by atoms with Crippen LogP contribution in [-0.4, -0.2) is 26.9 Å². The van der Waals surface area contributed by atoms with Crippen LogP contribution in [0.15, 0.2) is 71.5 Å². The molecule has 4 aromatic rings. The SMILES string of the molecule is CCC(c1nc2ccccc2c(=O)n1-c1ccc(Cl)cc1C)N(CC)C(=O)c1cccc(C(F)(F)F)c1. The minimum Gasteiger partial charge on any atom is -0.329 e. The van der Waals surface area contributed by atoms with Crippen LogP contribution in [0.5, 0.6) is 0 Å². The standard InChI is InChI=1S/C28H25ClF3N3O2/c1-4-23(34(5-2)26(36)18-9-8-10-19(16-18)28(30,31)32)25-33-22-12-7-6-11-21(22)27(37)35(25)24-14-13-20(29)15-17(24)3/h6-16,23H,4-5H2,1-3H3. The highest BCUT2D eigenvalue weighted by Crippen LogP contribution is 2.32. The number of hydrogen-bond donors (Lipinski definition) is 0. The molecule has 0 N–H and O–H groups in total. The minimum absolute atomic E-state index is 0.0903. The molecule has 0 saturated carbocycles. The normalized spacial score (nSPS) is 12.5. The van der Waals surface area contributed by atoms with Gasteiger partial charge in [0.1, 0.15) is 5.82 Å². The van der Waals surface area contributed by atoms with E-state index in [0.717, 1.165) is 17.7 Å². The summed E-state index contributed by atoms with van der Waals surface area (Å²) in [6.07, 6.45) is -4.21. The predicted octanol–water partition coefficient (Wildman–Crippen LogP) is 6.98. The van der Waals surface area contributed by atoms with Crippen molar-refractivity contribution >= 4 is 28.4 Å². The fourth-order valence-electron chi connectivity index (χ4n) is 4.52. The summed E-state index contributed by atoms with van der Waals surface area (Å²) in [6.45, 7) is 5.59. The number of fused-ring (bicyclic) bond motifs is 1. The van der Waals surface area contributed by atoms with Crippen LogP contribution in [0.3, 0.4) is 0 Å². The zero-order valence-corrected chi connectivity index (χ0v) is 21.3. The predicted molar refractivity (Wildman–Crippen MR) is 138 cm³/mol. The number of rotatable bonds is 6. The summed E-state index contributed by atoms with van der Waals surface area (Å²) in [7, 11) is 0. The minimum atomic E-state index is -4.58. The van der Waals surface area contributed by atoms with Crippen molar-refractivity contribution in [2.75, 3.05) is 6.54 Å². The summed E-state index contributed by atoms with van der Waals surface area (Å²) in [4.78, 5) is 33.6. The highest BCUT2D eigenvalue weighted by atomic mass is 35.5. The molecule has 0 fully saturated rings. The van der Waals surface area contributed by atoms with Gasteiger partial charge in [0.05, 0.1) is 28.2 Å². The average Bonchev–Trinajstić information content (AvgIpc) is 2.87. The number of aromatic nitrogens is 2. The number of para-hydroxylation sites is 1. The molecule has 1 atom stereocenters. The van der Waals surface area contributed by atoms with E-state index in [1.54, 1.807) is 49.4 Å². The van der Waals surface area contributed by atoms with Gasteiger partial charge in [-0.3, -0.25) is 14.2 Å². The van der Waals surface area contributed by atoms with Crippen LogP contribution in [0.2, 0.25) is 5.02 Å². The fourth-order valence-corrected chi connectivity index (χ4v) is 4.74. The van der Waals surface area contributed by atoms with Crippen molar-refractivity contribution in [3.63, 3.8) is 0 Å². The molecule has 192 valence electrons. The second kappa shape index (κ2) is 10.4. The van der Waals surface area contributed by atoms with Crippen LogP contribution in [0.4, 0.5) is 13.2 Å². The lowest BCUT2D eigenvalue weighted by atomic mass is 10.1. The molecule has 0 aliphatic rings. The van der Waals surface area contributed by atoms with Gasteiger partial charge in [-0.1, -0.05) is 36.7 Å². The highest BCUT2D eigenvalue weighted by Gasteiger charge is 2.33. The first-order valence-corrected chi connectivity index (χ1v) is 12.2. The third-order valence-electron chi connectivity index (χ3n) is 6.30. The molecule has 0 aliphatic carbocycles. The van der Waals surface area contributed by atoms with E-state index in [-0.39, 0.29) is 17.7 Å². The molecule has 0 radical (unpaired) electrons. The van der Waals surface area contributed by atoms with Gasteiger partial charge in [-0.15, -0.1) is 0 Å². The van der Waals surface area contributed by atoms with Crippen molar-refractivity contribution in [1.29, 1.82) is 0 Å². The Morgan fingerprint density at radius 3 is 2.43 bits per heavy atom. The Hall–Kier alpha value is -3.65. The largest absolute Gasteiger partial charge is 0.416 e. The third kappa shape index (κ3) is 5.11. The molecule has 1 unspecified atom stereocenters. The molecule has 1 amide bonds. The molecule has 37 heavy (non-hydrogen) atoms. The van der Waals surface area contributed by atoms with Gasteiger partial charge in [-0.05, 0) is 74.4 Å². The van der Waals surface area contributed by atoms with Crippen molar-refractivity contribution in [2.45, 2.75) is 39.4 Å². The van der Waals surface area contributed by atoms with Crippen molar-refractivity contribution in [3.8, 4) is 5.69 Å². The van der Waals surface area contributed by atoms with Crippen LogP contribution in [0.1, 0.15) is 53.6 Å². The number of amides is 1. The lowest BCUT2D eigenvalue weighted by Crippen LogP contribution is -2.38. The van der Waals surface area contributed by atoms with E-state index in [1.165, 1.54) is 21.6 Å². The number of benzene rings is 3. The number of hydrogen-bond acceptors (Lipinski definition) is 3. The molecular formula is C28H25ClF3N3O2. The van der Waals surface area contributed by atoms with Gasteiger partial charge in [0.25, 0.3) is 11.5 Å². The van der Waals surface area contributed by atoms with Crippen LogP contribution < -0.4 is 5.56 Å². The van der Waals surface area contributed by atoms with E-state index in [9.17, 15) is 22.8 Å². The van der Waals surface area contributed by atoms with Gasteiger partial charge >= 0.3 is 6.18 Å². The summed E-state index contributed by atoms with van der Waals surface area (Å²) < 4.78 is 41.4. The molecule has 0 bridgehead atoms. The second-order valence-electron chi connectivity index (χ2n) is 8.65. The molecule has 1 heterocycles. The van der Waals surface area contributed by atoms with E-state index in [0.29, 0.717) is 33.9 Å². The van der Waals surface area contributed by atoms with Gasteiger partial charge in [-0.25, -0.2) is 4.98 Å². The Kier molecular flexibility index (Phi) is 7.41. The Morgan fingerprint density at radius 2 is 1.78 bits per heavy atom. The number of halogens is 4. The number of alkyl halides is 3. The van der Waals surface area contributed by atoms with Crippen LogP contribution in [0.25, 0.3) is 16.6 Å². The number of nitrogens with zero attached hydrogens (tertiary/aromatic N) is 3. The lowest BCUT2D eigenvalue weighted by Gasteiger charge is -2.32. The van der Waals surface area contributed by atoms with Crippen molar-refractivity contribution in [3.05, 3.63) is 105 Å². The summed E-state index contributed by atoms with van der Waals surface area (Å²) >= 11 is 6.16. The van der Waals surface area contributed by atoms with E-state index in [1.807, 2.05) is 13.8 Å². The third-order valence-corrected chi connectivity index (χ3v) is 6.54. The molecule has 5 nitrogen and oxygen atoms in total. The van der Waals surface area contributed by atoms with Crippen molar-refractivity contribution in [2.24, 2.45) is 0 Å². The Labute approximate surface area is 217 Å². The first-order chi connectivity index (χ1) is 17.6. The summed E-state index contributed by atoms with van der Waals surface area (Å²) in [5.41, 5.74) is 0.449. The molecule has 1 aromatic heterocycles.